The first-order valence-electron chi connectivity index (χ1n) is 6.79. The average molecular weight is 257 g/mol. The van der Waals surface area contributed by atoms with E-state index in [1.807, 2.05) is 0 Å². The monoisotopic (exact) mass is 257 g/mol. The summed E-state index contributed by atoms with van der Waals surface area (Å²) in [6.07, 6.45) is 3.77. The number of nitrogens with two attached hydrogens (primary N) is 1. The molecule has 0 aliphatic heterocycles. The fraction of sp³-hybridized carbons (Fsp3) is 0.353. The number of primary amides is 1. The van der Waals surface area contributed by atoms with Gasteiger partial charge < -0.3 is 5.73 Å². The van der Waals surface area contributed by atoms with Crippen LogP contribution in [-0.4, -0.2) is 5.91 Å². The summed E-state index contributed by atoms with van der Waals surface area (Å²) in [7, 11) is 0. The van der Waals surface area contributed by atoms with E-state index in [4.69, 9.17) is 0 Å². The number of amides is 1. The van der Waals surface area contributed by atoms with Gasteiger partial charge in [0, 0.05) is 6.92 Å². The number of aryl methyl sites for hydroxylation is 2. The Morgan fingerprint density at radius 1 is 1.16 bits per heavy atom. The molecular formula is C17H23NO. The van der Waals surface area contributed by atoms with Crippen molar-refractivity contribution in [3.05, 3.63) is 47.5 Å². The molecular weight excluding hydrogens is 234 g/mol. The number of hydrogen-bond acceptors (Lipinski definition) is 1. The molecule has 0 fully saturated rings. The Morgan fingerprint density at radius 2 is 1.79 bits per heavy atom. The third kappa shape index (κ3) is 4.74. The van der Waals surface area contributed by atoms with Crippen LogP contribution in [0.4, 0.5) is 0 Å². The van der Waals surface area contributed by atoms with Crippen molar-refractivity contribution >= 4 is 16.7 Å². The lowest BCUT2D eigenvalue weighted by Crippen LogP contribution is -2.01. The molecule has 2 aromatic carbocycles. The van der Waals surface area contributed by atoms with Gasteiger partial charge in [-0.25, -0.2) is 0 Å². The van der Waals surface area contributed by atoms with Crippen molar-refractivity contribution < 1.29 is 4.79 Å². The van der Waals surface area contributed by atoms with Crippen LogP contribution in [0.15, 0.2) is 36.4 Å². The molecule has 2 aromatic rings. The zero-order chi connectivity index (χ0) is 14.3. The van der Waals surface area contributed by atoms with E-state index in [1.165, 1.54) is 48.1 Å². The minimum Gasteiger partial charge on any atom is -0.370 e. The molecule has 0 aliphatic rings. The first-order chi connectivity index (χ1) is 9.06. The molecule has 0 radical (unpaired) electrons. The van der Waals surface area contributed by atoms with Crippen LogP contribution in [0.3, 0.4) is 0 Å². The lowest BCUT2D eigenvalue weighted by atomic mass is 9.96. The van der Waals surface area contributed by atoms with E-state index in [9.17, 15) is 4.79 Å². The van der Waals surface area contributed by atoms with Crippen molar-refractivity contribution in [2.45, 2.75) is 40.0 Å². The summed E-state index contributed by atoms with van der Waals surface area (Å²) in [6.45, 7) is 5.78. The van der Waals surface area contributed by atoms with Gasteiger partial charge in [-0.1, -0.05) is 49.7 Å². The van der Waals surface area contributed by atoms with E-state index in [0.717, 1.165) is 0 Å². The van der Waals surface area contributed by atoms with Gasteiger partial charge in [-0.2, -0.15) is 0 Å². The standard InChI is InChI=1S/C15H18.C2H5NO/c1-3-4-8-14-12(2)10-11-13-7-5-6-9-15(13)14;1-2(3)4/h5-7,9-11H,3-4,8H2,1-2H3;1H3,(H2,3,4). The third-order valence-corrected chi connectivity index (χ3v) is 3.06. The van der Waals surface area contributed by atoms with Crippen LogP contribution in [0.2, 0.25) is 0 Å². The number of carbonyl (C=O) groups is 1. The van der Waals surface area contributed by atoms with Gasteiger partial charge in [0.1, 0.15) is 0 Å². The second-order valence-electron chi connectivity index (χ2n) is 4.80. The number of benzene rings is 2. The van der Waals surface area contributed by atoms with E-state index in [1.54, 1.807) is 0 Å². The topological polar surface area (TPSA) is 43.1 Å². The van der Waals surface area contributed by atoms with E-state index >= 15 is 0 Å². The Kier molecular flexibility index (Phi) is 6.07. The summed E-state index contributed by atoms with van der Waals surface area (Å²) in [5.74, 6) is -0.333. The molecule has 0 saturated heterocycles. The Balaban J connectivity index is 0.000000399. The number of rotatable bonds is 3. The summed E-state index contributed by atoms with van der Waals surface area (Å²) in [5.41, 5.74) is 7.44. The molecule has 2 rings (SSSR count). The highest BCUT2D eigenvalue weighted by atomic mass is 16.1. The van der Waals surface area contributed by atoms with E-state index < -0.39 is 0 Å². The molecule has 0 aromatic heterocycles. The van der Waals surface area contributed by atoms with Gasteiger partial charge in [0.15, 0.2) is 0 Å². The summed E-state index contributed by atoms with van der Waals surface area (Å²) >= 11 is 0. The smallest absolute Gasteiger partial charge is 0.214 e. The SMILES string of the molecule is CC(N)=O.CCCCc1c(C)ccc2ccccc12. The molecule has 0 atom stereocenters. The van der Waals surface area contributed by atoms with Crippen LogP contribution >= 0.6 is 0 Å². The maximum absolute atomic E-state index is 9.22. The van der Waals surface area contributed by atoms with Crippen molar-refractivity contribution in [2.75, 3.05) is 0 Å². The van der Waals surface area contributed by atoms with E-state index in [2.05, 4.69) is 56.0 Å². The van der Waals surface area contributed by atoms with E-state index in [0.29, 0.717) is 0 Å². The molecule has 0 saturated carbocycles. The first-order valence-corrected chi connectivity index (χ1v) is 6.79. The fourth-order valence-electron chi connectivity index (χ4n) is 2.13. The van der Waals surface area contributed by atoms with Gasteiger partial charge in [0.2, 0.25) is 5.91 Å². The van der Waals surface area contributed by atoms with Crippen LogP contribution in [0.25, 0.3) is 10.8 Å². The summed E-state index contributed by atoms with van der Waals surface area (Å²) in [4.78, 5) is 9.22. The number of hydrogen-bond donors (Lipinski definition) is 1. The molecule has 102 valence electrons. The summed E-state index contributed by atoms with van der Waals surface area (Å²) in [5, 5.41) is 2.81. The lowest BCUT2D eigenvalue weighted by molar-refractivity contribution is -0.115. The number of unbranched alkanes of at least 4 members (excludes halogenated alkanes) is 1. The largest absolute Gasteiger partial charge is 0.370 e. The molecule has 0 spiro atoms. The zero-order valence-electron chi connectivity index (χ0n) is 12.1. The molecule has 2 heteroatoms. The van der Waals surface area contributed by atoms with Crippen LogP contribution in [0, 0.1) is 6.92 Å². The van der Waals surface area contributed by atoms with Gasteiger partial charge in [-0.3, -0.25) is 4.79 Å². The van der Waals surface area contributed by atoms with E-state index in [-0.39, 0.29) is 5.91 Å². The second kappa shape index (κ2) is 7.57. The van der Waals surface area contributed by atoms with Crippen LogP contribution < -0.4 is 5.73 Å². The van der Waals surface area contributed by atoms with Crippen molar-refractivity contribution in [1.82, 2.24) is 0 Å². The summed E-state index contributed by atoms with van der Waals surface area (Å²) in [6, 6.07) is 13.2. The van der Waals surface area contributed by atoms with Crippen LogP contribution in [0.5, 0.6) is 0 Å². The van der Waals surface area contributed by atoms with Crippen LogP contribution in [-0.2, 0) is 11.2 Å². The third-order valence-electron chi connectivity index (χ3n) is 3.06. The predicted molar refractivity (Wildman–Crippen MR) is 82.2 cm³/mol. The van der Waals surface area contributed by atoms with Gasteiger partial charge in [0.25, 0.3) is 0 Å². The summed E-state index contributed by atoms with van der Waals surface area (Å²) < 4.78 is 0. The average Bonchev–Trinajstić information content (AvgIpc) is 2.37. The zero-order valence-corrected chi connectivity index (χ0v) is 12.1. The molecule has 0 unspecified atom stereocenters. The highest BCUT2D eigenvalue weighted by Gasteiger charge is 2.03. The lowest BCUT2D eigenvalue weighted by Gasteiger charge is -2.09. The molecule has 1 amide bonds. The highest BCUT2D eigenvalue weighted by molar-refractivity contribution is 5.86. The van der Waals surface area contributed by atoms with Gasteiger partial charge in [0.05, 0.1) is 0 Å². The van der Waals surface area contributed by atoms with Crippen LogP contribution in [0.1, 0.15) is 37.8 Å². The predicted octanol–water partition coefficient (Wildman–Crippen LogP) is 3.98. The van der Waals surface area contributed by atoms with Gasteiger partial charge >= 0.3 is 0 Å². The molecule has 0 heterocycles. The van der Waals surface area contributed by atoms with Crippen molar-refractivity contribution in [3.63, 3.8) is 0 Å². The van der Waals surface area contributed by atoms with Crippen molar-refractivity contribution in [2.24, 2.45) is 5.73 Å². The minimum atomic E-state index is -0.333. The van der Waals surface area contributed by atoms with Crippen molar-refractivity contribution in [3.8, 4) is 0 Å². The normalized spacial score (nSPS) is 9.84. The fourth-order valence-corrected chi connectivity index (χ4v) is 2.13. The highest BCUT2D eigenvalue weighted by Crippen LogP contribution is 2.23. The Hall–Kier alpha value is -1.83. The Morgan fingerprint density at radius 3 is 2.42 bits per heavy atom. The molecule has 0 bridgehead atoms. The number of fused-ring (bicyclic) bond motifs is 1. The molecule has 0 aliphatic carbocycles. The Bertz CT molecular complexity index is 542. The van der Waals surface area contributed by atoms with Gasteiger partial charge in [-0.05, 0) is 41.7 Å². The Labute approximate surface area is 115 Å². The molecule has 2 N–H and O–H groups in total. The van der Waals surface area contributed by atoms with Gasteiger partial charge in [-0.15, -0.1) is 0 Å². The molecule has 19 heavy (non-hydrogen) atoms. The first kappa shape index (κ1) is 15.2. The minimum absolute atomic E-state index is 0.333. The number of carbonyl (C=O) groups excluding carboxylic acids is 1. The molecule has 2 nitrogen and oxygen atoms in total. The maximum Gasteiger partial charge on any atom is 0.214 e. The quantitative estimate of drug-likeness (QED) is 0.888. The second-order valence-corrected chi connectivity index (χ2v) is 4.80. The van der Waals surface area contributed by atoms with Crippen molar-refractivity contribution in [1.29, 1.82) is 0 Å². The maximum atomic E-state index is 9.22.